The third-order valence-corrected chi connectivity index (χ3v) is 3.37. The zero-order valence-electron chi connectivity index (χ0n) is 14.1. The molecular weight excluding hydrogens is 292 g/mol. The lowest BCUT2D eigenvalue weighted by atomic mass is 10.1. The van der Waals surface area contributed by atoms with Gasteiger partial charge in [-0.25, -0.2) is 0 Å². The Labute approximate surface area is 138 Å². The van der Waals surface area contributed by atoms with Crippen LogP contribution >= 0.6 is 0 Å². The fraction of sp³-hybridized carbons (Fsp3) is 0.444. The normalized spacial score (nSPS) is 12.2. The number of nitrogens with one attached hydrogen (secondary N) is 1. The highest BCUT2D eigenvalue weighted by molar-refractivity contribution is 5.94. The molecule has 0 aliphatic rings. The third-order valence-electron chi connectivity index (χ3n) is 3.37. The lowest BCUT2D eigenvalue weighted by molar-refractivity contribution is -0.128. The summed E-state index contributed by atoms with van der Waals surface area (Å²) in [5, 5.41) is 11.7. The molecular formula is C18H26N2O3. The molecule has 0 aromatic heterocycles. The van der Waals surface area contributed by atoms with Crippen LogP contribution in [0.25, 0.3) is 6.08 Å². The topological polar surface area (TPSA) is 69.6 Å². The van der Waals surface area contributed by atoms with Crippen molar-refractivity contribution in [3.05, 3.63) is 41.5 Å². The van der Waals surface area contributed by atoms with Gasteiger partial charge in [0.15, 0.2) is 0 Å². The Morgan fingerprint density at radius 2 is 2.09 bits per heavy atom. The summed E-state index contributed by atoms with van der Waals surface area (Å²) in [4.78, 5) is 25.0. The summed E-state index contributed by atoms with van der Waals surface area (Å²) in [7, 11) is 3.51. The molecule has 0 aliphatic carbocycles. The maximum Gasteiger partial charge on any atom is 0.251 e. The SMILES string of the molecule is C[C@H](CO)NC(=O)c1cccc(/C=C/CCCC(=O)N(C)C)c1. The molecule has 23 heavy (non-hydrogen) atoms. The van der Waals surface area contributed by atoms with Crippen LogP contribution in [0.3, 0.4) is 0 Å². The quantitative estimate of drug-likeness (QED) is 0.721. The van der Waals surface area contributed by atoms with Crippen LogP contribution in [0.15, 0.2) is 30.3 Å². The highest BCUT2D eigenvalue weighted by Crippen LogP contribution is 2.09. The van der Waals surface area contributed by atoms with E-state index < -0.39 is 0 Å². The zero-order valence-corrected chi connectivity index (χ0v) is 14.1. The smallest absolute Gasteiger partial charge is 0.251 e. The van der Waals surface area contributed by atoms with Crippen LogP contribution < -0.4 is 5.32 Å². The van der Waals surface area contributed by atoms with Crippen molar-refractivity contribution in [1.82, 2.24) is 10.2 Å². The Hall–Kier alpha value is -2.14. The van der Waals surface area contributed by atoms with E-state index in [0.29, 0.717) is 12.0 Å². The van der Waals surface area contributed by atoms with Gasteiger partial charge in [0, 0.05) is 32.1 Å². The first-order valence-corrected chi connectivity index (χ1v) is 7.82. The van der Waals surface area contributed by atoms with Gasteiger partial charge in [0.25, 0.3) is 5.91 Å². The van der Waals surface area contributed by atoms with Crippen molar-refractivity contribution < 1.29 is 14.7 Å². The third kappa shape index (κ3) is 7.10. The number of carbonyl (C=O) groups excluding carboxylic acids is 2. The summed E-state index contributed by atoms with van der Waals surface area (Å²) in [5.41, 5.74) is 1.50. The molecule has 126 valence electrons. The number of carbonyl (C=O) groups is 2. The van der Waals surface area contributed by atoms with Crippen LogP contribution in [0.5, 0.6) is 0 Å². The molecule has 0 bridgehead atoms. The number of nitrogens with zero attached hydrogens (tertiary/aromatic N) is 1. The average molecular weight is 318 g/mol. The van der Waals surface area contributed by atoms with E-state index in [1.807, 2.05) is 24.3 Å². The number of hydrogen-bond donors (Lipinski definition) is 2. The van der Waals surface area contributed by atoms with Gasteiger partial charge in [-0.1, -0.05) is 24.3 Å². The van der Waals surface area contributed by atoms with Crippen molar-refractivity contribution in [2.45, 2.75) is 32.2 Å². The van der Waals surface area contributed by atoms with E-state index in [9.17, 15) is 9.59 Å². The lowest BCUT2D eigenvalue weighted by Crippen LogP contribution is -2.34. The molecule has 1 atom stereocenters. The van der Waals surface area contributed by atoms with E-state index >= 15 is 0 Å². The van der Waals surface area contributed by atoms with Crippen LogP contribution in [0.4, 0.5) is 0 Å². The summed E-state index contributed by atoms with van der Waals surface area (Å²) < 4.78 is 0. The zero-order chi connectivity index (χ0) is 17.2. The van der Waals surface area contributed by atoms with Gasteiger partial charge in [-0.05, 0) is 37.5 Å². The second-order valence-corrected chi connectivity index (χ2v) is 5.77. The largest absolute Gasteiger partial charge is 0.394 e. The number of amides is 2. The highest BCUT2D eigenvalue weighted by atomic mass is 16.3. The predicted octanol–water partition coefficient (Wildman–Crippen LogP) is 2.07. The molecule has 0 saturated carbocycles. The molecule has 2 N–H and O–H groups in total. The Balaban J connectivity index is 2.52. The first-order chi connectivity index (χ1) is 10.9. The van der Waals surface area contributed by atoms with Gasteiger partial charge in [0.2, 0.25) is 5.91 Å². The summed E-state index contributed by atoms with van der Waals surface area (Å²) in [6.07, 6.45) is 6.13. The van der Waals surface area contributed by atoms with Crippen LogP contribution in [0.2, 0.25) is 0 Å². The van der Waals surface area contributed by atoms with Gasteiger partial charge in [-0.3, -0.25) is 9.59 Å². The molecule has 0 spiro atoms. The Morgan fingerprint density at radius 3 is 2.74 bits per heavy atom. The predicted molar refractivity (Wildman–Crippen MR) is 92.0 cm³/mol. The number of rotatable bonds is 8. The molecule has 0 heterocycles. The highest BCUT2D eigenvalue weighted by Gasteiger charge is 2.08. The average Bonchev–Trinajstić information content (AvgIpc) is 2.54. The first kappa shape index (κ1) is 18.9. The fourth-order valence-corrected chi connectivity index (χ4v) is 1.95. The number of aliphatic hydroxyl groups is 1. The van der Waals surface area contributed by atoms with Crippen molar-refractivity contribution in [2.24, 2.45) is 0 Å². The lowest BCUT2D eigenvalue weighted by Gasteiger charge is -2.10. The van der Waals surface area contributed by atoms with E-state index in [-0.39, 0.29) is 24.5 Å². The summed E-state index contributed by atoms with van der Waals surface area (Å²) in [6, 6.07) is 7.03. The van der Waals surface area contributed by atoms with Crippen LogP contribution in [0, 0.1) is 0 Å². The Kier molecular flexibility index (Phi) is 8.05. The summed E-state index contributed by atoms with van der Waals surface area (Å²) >= 11 is 0. The summed E-state index contributed by atoms with van der Waals surface area (Å²) in [6.45, 7) is 1.66. The monoisotopic (exact) mass is 318 g/mol. The molecule has 5 heteroatoms. The first-order valence-electron chi connectivity index (χ1n) is 7.82. The second kappa shape index (κ2) is 9.79. The molecule has 0 fully saturated rings. The van der Waals surface area contributed by atoms with Crippen LogP contribution in [-0.2, 0) is 4.79 Å². The van der Waals surface area contributed by atoms with Crippen LogP contribution in [-0.4, -0.2) is 48.6 Å². The van der Waals surface area contributed by atoms with Gasteiger partial charge in [0.05, 0.1) is 6.61 Å². The molecule has 1 rings (SSSR count). The van der Waals surface area contributed by atoms with Gasteiger partial charge in [-0.2, -0.15) is 0 Å². The molecule has 0 radical (unpaired) electrons. The van der Waals surface area contributed by atoms with Gasteiger partial charge >= 0.3 is 0 Å². The number of allylic oxidation sites excluding steroid dienone is 1. The number of unbranched alkanes of at least 4 members (excludes halogenated alkanes) is 1. The molecule has 0 unspecified atom stereocenters. The minimum atomic E-state index is -0.268. The van der Waals surface area contributed by atoms with E-state index in [0.717, 1.165) is 18.4 Å². The number of benzene rings is 1. The Bertz CT molecular complexity index is 553. The van der Waals surface area contributed by atoms with E-state index in [1.54, 1.807) is 38.1 Å². The van der Waals surface area contributed by atoms with E-state index in [2.05, 4.69) is 5.32 Å². The van der Waals surface area contributed by atoms with Crippen molar-refractivity contribution in [3.63, 3.8) is 0 Å². The molecule has 2 amide bonds. The fourth-order valence-electron chi connectivity index (χ4n) is 1.95. The molecule has 0 saturated heterocycles. The number of aliphatic hydroxyl groups excluding tert-OH is 1. The molecule has 1 aromatic carbocycles. The van der Waals surface area contributed by atoms with E-state index in [1.165, 1.54) is 0 Å². The van der Waals surface area contributed by atoms with E-state index in [4.69, 9.17) is 5.11 Å². The molecule has 1 aromatic rings. The minimum absolute atomic E-state index is 0.0863. The van der Waals surface area contributed by atoms with Crippen molar-refractivity contribution in [3.8, 4) is 0 Å². The van der Waals surface area contributed by atoms with Crippen LogP contribution in [0.1, 0.15) is 42.1 Å². The standard InChI is InChI=1S/C18H26N2O3/c1-14(13-21)19-18(23)16-10-7-9-15(12-16)8-5-4-6-11-17(22)20(2)3/h5,7-10,12,14,21H,4,6,11,13H2,1-3H3,(H,19,23)/b8-5+/t14-/m1/s1. The Morgan fingerprint density at radius 1 is 1.35 bits per heavy atom. The van der Waals surface area contributed by atoms with Gasteiger partial charge < -0.3 is 15.3 Å². The minimum Gasteiger partial charge on any atom is -0.394 e. The van der Waals surface area contributed by atoms with Gasteiger partial charge in [0.1, 0.15) is 0 Å². The molecule has 0 aliphatic heterocycles. The van der Waals surface area contributed by atoms with Gasteiger partial charge in [-0.15, -0.1) is 0 Å². The van der Waals surface area contributed by atoms with Crippen molar-refractivity contribution in [2.75, 3.05) is 20.7 Å². The maximum absolute atomic E-state index is 12.0. The summed E-state index contributed by atoms with van der Waals surface area (Å²) in [5.74, 6) is -0.0616. The van der Waals surface area contributed by atoms with Crippen molar-refractivity contribution in [1.29, 1.82) is 0 Å². The molecule has 5 nitrogen and oxygen atoms in total. The number of hydrogen-bond acceptors (Lipinski definition) is 3. The van der Waals surface area contributed by atoms with Crippen molar-refractivity contribution >= 4 is 17.9 Å². The second-order valence-electron chi connectivity index (χ2n) is 5.77. The maximum atomic E-state index is 12.0.